The van der Waals surface area contributed by atoms with Gasteiger partial charge in [0.1, 0.15) is 5.56 Å². The predicted molar refractivity (Wildman–Crippen MR) is 133 cm³/mol. The van der Waals surface area contributed by atoms with Gasteiger partial charge in [-0.25, -0.2) is 14.6 Å². The molecule has 0 spiro atoms. The van der Waals surface area contributed by atoms with Crippen LogP contribution in [0.2, 0.25) is 0 Å². The number of hydrogen-bond donors (Lipinski definition) is 2. The first-order valence-electron chi connectivity index (χ1n) is 12.0. The Labute approximate surface area is 218 Å². The summed E-state index contributed by atoms with van der Waals surface area (Å²) in [7, 11) is 2.45. The number of aromatic carboxylic acids is 1. The van der Waals surface area contributed by atoms with Gasteiger partial charge in [-0.3, -0.25) is 14.4 Å². The first-order chi connectivity index (χ1) is 18.1. The Morgan fingerprint density at radius 2 is 1.74 bits per heavy atom. The molecule has 2 heterocycles. The van der Waals surface area contributed by atoms with Gasteiger partial charge in [-0.15, -0.1) is 0 Å². The molecule has 1 atom stereocenters. The number of rotatable bonds is 9. The molecule has 204 valence electrons. The second-order valence-electron chi connectivity index (χ2n) is 8.45. The number of amides is 3. The van der Waals surface area contributed by atoms with Crippen LogP contribution in [0.1, 0.15) is 52.1 Å². The number of nitrogens with zero attached hydrogens (tertiary/aromatic N) is 3. The number of carboxylic acid groups (broad SMARTS) is 1. The molecule has 13 nitrogen and oxygen atoms in total. The molecule has 38 heavy (non-hydrogen) atoms. The Morgan fingerprint density at radius 3 is 2.29 bits per heavy atom. The van der Waals surface area contributed by atoms with Crippen molar-refractivity contribution in [2.24, 2.45) is 5.73 Å². The maximum Gasteiger partial charge on any atom is 0.409 e. The summed E-state index contributed by atoms with van der Waals surface area (Å²) in [4.78, 5) is 69.8. The number of carboxylic acids is 1. The van der Waals surface area contributed by atoms with Gasteiger partial charge in [0.25, 0.3) is 0 Å². The van der Waals surface area contributed by atoms with E-state index in [2.05, 4.69) is 4.98 Å². The van der Waals surface area contributed by atoms with Crippen LogP contribution in [0.5, 0.6) is 5.75 Å². The molecule has 1 aliphatic heterocycles. The zero-order chi connectivity index (χ0) is 28.0. The van der Waals surface area contributed by atoms with E-state index in [9.17, 15) is 29.1 Å². The van der Waals surface area contributed by atoms with Crippen molar-refractivity contribution in [2.45, 2.75) is 25.7 Å². The number of ether oxygens (including phenoxy) is 3. The molecule has 0 saturated carbocycles. The van der Waals surface area contributed by atoms with Crippen LogP contribution in [0.4, 0.5) is 4.79 Å². The van der Waals surface area contributed by atoms with Crippen molar-refractivity contribution in [3.8, 4) is 5.75 Å². The number of carbonyl (C=O) groups is 5. The first kappa shape index (κ1) is 28.2. The quantitative estimate of drug-likeness (QED) is 0.450. The van der Waals surface area contributed by atoms with E-state index in [4.69, 9.17) is 19.9 Å². The smallest absolute Gasteiger partial charge is 0.409 e. The topological polar surface area (TPSA) is 179 Å². The fourth-order valence-corrected chi connectivity index (χ4v) is 4.46. The Bertz CT molecular complexity index is 1260. The summed E-state index contributed by atoms with van der Waals surface area (Å²) in [6, 6.07) is 4.37. The maximum atomic E-state index is 13.8. The van der Waals surface area contributed by atoms with Gasteiger partial charge in [0.15, 0.2) is 5.75 Å². The van der Waals surface area contributed by atoms with Gasteiger partial charge in [-0.05, 0) is 25.5 Å². The maximum absolute atomic E-state index is 13.8. The van der Waals surface area contributed by atoms with E-state index in [1.807, 2.05) is 0 Å². The number of benzene rings is 1. The van der Waals surface area contributed by atoms with Crippen molar-refractivity contribution in [3.63, 3.8) is 0 Å². The number of esters is 1. The summed E-state index contributed by atoms with van der Waals surface area (Å²) in [6.07, 6.45) is -0.675. The summed E-state index contributed by atoms with van der Waals surface area (Å²) in [5.41, 5.74) is 5.17. The molecule has 1 aromatic carbocycles. The Kier molecular flexibility index (Phi) is 9.05. The monoisotopic (exact) mass is 530 g/mol. The first-order valence-corrected chi connectivity index (χ1v) is 12.0. The number of nitrogens with two attached hydrogens (primary N) is 1. The lowest BCUT2D eigenvalue weighted by Gasteiger charge is -2.36. The van der Waals surface area contributed by atoms with Crippen LogP contribution in [0.3, 0.4) is 0 Å². The van der Waals surface area contributed by atoms with Crippen LogP contribution in [-0.4, -0.2) is 96.7 Å². The fourth-order valence-electron chi connectivity index (χ4n) is 4.46. The third-order valence-electron chi connectivity index (χ3n) is 6.29. The molecule has 1 saturated heterocycles. The molecule has 2 aromatic rings. The Balaban J connectivity index is 2.10. The standard InChI is InChI=1S/C25H30N4O9/c1-4-38-25(35)29-12-10-28(11-13-29)23(32)15(8-9-17(30)36-2)20-21(37-3)19(24(33)34)18-14(22(26)31)6-5-7-16(18)27-20/h5-7,15H,4,8-13H2,1-3H3,(H2,26,31)(H,33,34). The molecule has 3 rings (SSSR count). The SMILES string of the molecule is CCOC(=O)N1CCN(C(=O)C(CCC(=O)OC)c2nc3cccc(C(N)=O)c3c(C(=O)O)c2OC)CC1. The second-order valence-corrected chi connectivity index (χ2v) is 8.45. The van der Waals surface area contributed by atoms with Crippen LogP contribution in [0.25, 0.3) is 10.9 Å². The van der Waals surface area contributed by atoms with Gasteiger partial charge >= 0.3 is 18.0 Å². The molecule has 1 aliphatic rings. The lowest BCUT2D eigenvalue weighted by molar-refractivity contribution is -0.141. The number of primary amides is 1. The lowest BCUT2D eigenvalue weighted by Crippen LogP contribution is -2.51. The summed E-state index contributed by atoms with van der Waals surface area (Å²) in [6.45, 7) is 2.79. The molecular weight excluding hydrogens is 500 g/mol. The number of carbonyl (C=O) groups excluding carboxylic acids is 4. The van der Waals surface area contributed by atoms with Crippen LogP contribution in [0.15, 0.2) is 18.2 Å². The van der Waals surface area contributed by atoms with E-state index in [1.165, 1.54) is 42.2 Å². The minimum Gasteiger partial charge on any atom is -0.494 e. The second kappa shape index (κ2) is 12.2. The minimum atomic E-state index is -1.41. The molecule has 1 unspecified atom stereocenters. The average Bonchev–Trinajstić information content (AvgIpc) is 2.91. The number of aromatic nitrogens is 1. The van der Waals surface area contributed by atoms with E-state index in [1.54, 1.807) is 6.92 Å². The number of fused-ring (bicyclic) bond motifs is 1. The van der Waals surface area contributed by atoms with Crippen molar-refractivity contribution in [2.75, 3.05) is 47.0 Å². The van der Waals surface area contributed by atoms with E-state index in [0.29, 0.717) is 0 Å². The number of hydrogen-bond acceptors (Lipinski definition) is 9. The molecule has 0 radical (unpaired) electrons. The highest BCUT2D eigenvalue weighted by molar-refractivity contribution is 6.14. The average molecular weight is 531 g/mol. The predicted octanol–water partition coefficient (Wildman–Crippen LogP) is 1.38. The molecular formula is C25H30N4O9. The fraction of sp³-hybridized carbons (Fsp3) is 0.440. The zero-order valence-electron chi connectivity index (χ0n) is 21.4. The van der Waals surface area contributed by atoms with E-state index in [0.717, 1.165) is 0 Å². The van der Waals surface area contributed by atoms with Gasteiger partial charge in [-0.1, -0.05) is 6.07 Å². The van der Waals surface area contributed by atoms with Crippen LogP contribution < -0.4 is 10.5 Å². The highest BCUT2D eigenvalue weighted by Crippen LogP contribution is 2.38. The third-order valence-corrected chi connectivity index (χ3v) is 6.29. The van der Waals surface area contributed by atoms with Crippen molar-refractivity contribution >= 4 is 40.7 Å². The third kappa shape index (κ3) is 5.76. The zero-order valence-corrected chi connectivity index (χ0v) is 21.4. The molecule has 3 N–H and O–H groups in total. The van der Waals surface area contributed by atoms with Gasteiger partial charge < -0.3 is 34.9 Å². The molecule has 1 fully saturated rings. The highest BCUT2D eigenvalue weighted by atomic mass is 16.6. The van der Waals surface area contributed by atoms with E-state index in [-0.39, 0.29) is 79.1 Å². The lowest BCUT2D eigenvalue weighted by atomic mass is 9.92. The molecule has 3 amide bonds. The van der Waals surface area contributed by atoms with Crippen molar-refractivity contribution in [3.05, 3.63) is 35.0 Å². The summed E-state index contributed by atoms with van der Waals surface area (Å²) >= 11 is 0. The van der Waals surface area contributed by atoms with Crippen molar-refractivity contribution in [1.82, 2.24) is 14.8 Å². The summed E-state index contributed by atoms with van der Waals surface area (Å²) in [5, 5.41) is 10.1. The molecule has 0 bridgehead atoms. The van der Waals surface area contributed by atoms with Crippen LogP contribution in [0, 0.1) is 0 Å². The highest BCUT2D eigenvalue weighted by Gasteiger charge is 2.36. The number of pyridine rings is 1. The largest absolute Gasteiger partial charge is 0.494 e. The Morgan fingerprint density at radius 1 is 1.08 bits per heavy atom. The van der Waals surface area contributed by atoms with Crippen LogP contribution >= 0.6 is 0 Å². The van der Waals surface area contributed by atoms with Gasteiger partial charge in [0.2, 0.25) is 11.8 Å². The normalized spacial score (nSPS) is 14.1. The van der Waals surface area contributed by atoms with Gasteiger partial charge in [0.05, 0.1) is 38.0 Å². The minimum absolute atomic E-state index is 0.000691. The van der Waals surface area contributed by atoms with Gasteiger partial charge in [0, 0.05) is 43.5 Å². The van der Waals surface area contributed by atoms with Crippen LogP contribution in [-0.2, 0) is 19.1 Å². The van der Waals surface area contributed by atoms with E-state index < -0.39 is 35.8 Å². The Hall–Kier alpha value is -4.42. The number of methoxy groups -OCH3 is 2. The van der Waals surface area contributed by atoms with E-state index >= 15 is 0 Å². The summed E-state index contributed by atoms with van der Waals surface area (Å²) in [5.74, 6) is -4.56. The molecule has 1 aromatic heterocycles. The van der Waals surface area contributed by atoms with Crippen molar-refractivity contribution in [1.29, 1.82) is 0 Å². The van der Waals surface area contributed by atoms with Gasteiger partial charge in [-0.2, -0.15) is 0 Å². The molecule has 0 aliphatic carbocycles. The summed E-state index contributed by atoms with van der Waals surface area (Å²) < 4.78 is 15.2. The number of piperazine rings is 1. The van der Waals surface area contributed by atoms with Crippen molar-refractivity contribution < 1.29 is 43.3 Å². The molecule has 13 heteroatoms.